The summed E-state index contributed by atoms with van der Waals surface area (Å²) in [5.41, 5.74) is 6.28. The second-order valence-electron chi connectivity index (χ2n) is 3.37. The minimum atomic E-state index is -0.575. The van der Waals surface area contributed by atoms with Crippen LogP contribution in [0.2, 0.25) is 0 Å². The van der Waals surface area contributed by atoms with Gasteiger partial charge in [0, 0.05) is 0 Å². The molecule has 6 heteroatoms. The third-order valence-corrected chi connectivity index (χ3v) is 2.14. The van der Waals surface area contributed by atoms with Crippen LogP contribution >= 0.6 is 0 Å². The number of anilines is 1. The van der Waals surface area contributed by atoms with E-state index in [1.54, 1.807) is 24.3 Å². The number of carbonyl (C=O) groups excluding carboxylic acids is 1. The third-order valence-electron chi connectivity index (χ3n) is 2.14. The molecule has 1 aromatic carbocycles. The Hall–Kier alpha value is -2.63. The summed E-state index contributed by atoms with van der Waals surface area (Å²) in [6, 6.07) is 6.97. The number of hydrogen-bond acceptors (Lipinski definition) is 6. The van der Waals surface area contributed by atoms with E-state index in [-0.39, 0.29) is 11.6 Å². The lowest BCUT2D eigenvalue weighted by Crippen LogP contribution is -2.05. The summed E-state index contributed by atoms with van der Waals surface area (Å²) in [4.78, 5) is 19.1. The normalized spacial score (nSPS) is 9.83. The maximum atomic E-state index is 11.3. The van der Waals surface area contributed by atoms with Crippen molar-refractivity contribution in [3.63, 3.8) is 0 Å². The van der Waals surface area contributed by atoms with Crippen LogP contribution in [0.15, 0.2) is 36.7 Å². The van der Waals surface area contributed by atoms with Crippen LogP contribution in [-0.2, 0) is 4.74 Å². The number of carbonyl (C=O) groups is 1. The summed E-state index contributed by atoms with van der Waals surface area (Å²) in [7, 11) is 1.27. The fourth-order valence-electron chi connectivity index (χ4n) is 1.29. The number of ether oxygens (including phenoxy) is 2. The van der Waals surface area contributed by atoms with E-state index in [0.717, 1.165) is 0 Å². The van der Waals surface area contributed by atoms with Crippen molar-refractivity contribution in [2.24, 2.45) is 0 Å². The van der Waals surface area contributed by atoms with E-state index in [1.165, 1.54) is 19.5 Å². The summed E-state index contributed by atoms with van der Waals surface area (Å²) < 4.78 is 9.98. The molecule has 0 atom stereocenters. The zero-order valence-corrected chi connectivity index (χ0v) is 9.66. The summed E-state index contributed by atoms with van der Waals surface area (Å²) in [5.74, 6) is 0.0543. The van der Waals surface area contributed by atoms with E-state index in [4.69, 9.17) is 10.5 Å². The third kappa shape index (κ3) is 2.54. The zero-order chi connectivity index (χ0) is 13.0. The van der Waals surface area contributed by atoms with Gasteiger partial charge in [0.15, 0.2) is 11.4 Å². The molecular formula is C12H11N3O3. The van der Waals surface area contributed by atoms with Crippen molar-refractivity contribution >= 4 is 11.7 Å². The number of nitrogen functional groups attached to an aromatic ring is 1. The molecule has 0 aliphatic carbocycles. The summed E-state index contributed by atoms with van der Waals surface area (Å²) in [5, 5.41) is 0. The first-order valence-corrected chi connectivity index (χ1v) is 5.13. The smallest absolute Gasteiger partial charge is 0.358 e. The number of methoxy groups -OCH3 is 1. The number of benzene rings is 1. The fourth-order valence-corrected chi connectivity index (χ4v) is 1.29. The highest BCUT2D eigenvalue weighted by atomic mass is 16.5. The first kappa shape index (κ1) is 11.8. The van der Waals surface area contributed by atoms with Gasteiger partial charge >= 0.3 is 5.97 Å². The van der Waals surface area contributed by atoms with Gasteiger partial charge < -0.3 is 15.2 Å². The molecule has 0 bridgehead atoms. The van der Waals surface area contributed by atoms with Crippen molar-refractivity contribution in [2.45, 2.75) is 0 Å². The highest BCUT2D eigenvalue weighted by molar-refractivity contribution is 5.86. The molecular weight excluding hydrogens is 234 g/mol. The van der Waals surface area contributed by atoms with Gasteiger partial charge in [0.05, 0.1) is 25.2 Å². The molecule has 0 amide bonds. The molecule has 1 heterocycles. The molecule has 0 saturated carbocycles. The number of esters is 1. The molecule has 0 aliphatic heterocycles. The van der Waals surface area contributed by atoms with E-state index < -0.39 is 5.97 Å². The standard InChI is InChI=1S/C12H11N3O3/c1-17-12(16)9-6-14-7-11(15-9)18-10-5-3-2-4-8(10)13/h2-7H,13H2,1H3. The summed E-state index contributed by atoms with van der Waals surface area (Å²) >= 11 is 0. The first-order chi connectivity index (χ1) is 8.70. The summed E-state index contributed by atoms with van der Waals surface area (Å²) in [6.07, 6.45) is 2.69. The second kappa shape index (κ2) is 5.13. The van der Waals surface area contributed by atoms with Crippen molar-refractivity contribution in [3.05, 3.63) is 42.4 Å². The number of aromatic nitrogens is 2. The molecule has 2 N–H and O–H groups in total. The predicted molar refractivity (Wildman–Crippen MR) is 64.3 cm³/mol. The van der Waals surface area contributed by atoms with Gasteiger partial charge in [0.1, 0.15) is 0 Å². The number of para-hydroxylation sites is 2. The number of rotatable bonds is 3. The number of nitrogens with zero attached hydrogens (tertiary/aromatic N) is 2. The van der Waals surface area contributed by atoms with Gasteiger partial charge in [-0.25, -0.2) is 9.78 Å². The van der Waals surface area contributed by atoms with E-state index in [1.807, 2.05) is 0 Å². The van der Waals surface area contributed by atoms with Gasteiger partial charge in [0.25, 0.3) is 0 Å². The van der Waals surface area contributed by atoms with Gasteiger partial charge in [-0.05, 0) is 12.1 Å². The average molecular weight is 245 g/mol. The molecule has 0 aliphatic rings. The first-order valence-electron chi connectivity index (χ1n) is 5.13. The molecule has 92 valence electrons. The molecule has 0 fully saturated rings. The fraction of sp³-hybridized carbons (Fsp3) is 0.0833. The number of nitrogens with two attached hydrogens (primary N) is 1. The lowest BCUT2D eigenvalue weighted by molar-refractivity contribution is 0.0592. The lowest BCUT2D eigenvalue weighted by atomic mass is 10.3. The minimum absolute atomic E-state index is 0.0736. The predicted octanol–water partition coefficient (Wildman–Crippen LogP) is 1.64. The summed E-state index contributed by atoms with van der Waals surface area (Å²) in [6.45, 7) is 0. The Morgan fingerprint density at radius 1 is 1.28 bits per heavy atom. The number of hydrogen-bond donors (Lipinski definition) is 1. The monoisotopic (exact) mass is 245 g/mol. The van der Waals surface area contributed by atoms with Gasteiger partial charge in [0.2, 0.25) is 5.88 Å². The Bertz CT molecular complexity index is 572. The van der Waals surface area contributed by atoms with E-state index >= 15 is 0 Å². The van der Waals surface area contributed by atoms with Gasteiger partial charge in [-0.1, -0.05) is 12.1 Å². The largest absolute Gasteiger partial charge is 0.464 e. The van der Waals surface area contributed by atoms with Gasteiger partial charge in [-0.2, -0.15) is 0 Å². The van der Waals surface area contributed by atoms with Gasteiger partial charge in [-0.3, -0.25) is 4.98 Å². The molecule has 0 unspecified atom stereocenters. The van der Waals surface area contributed by atoms with Crippen LogP contribution in [0.5, 0.6) is 11.6 Å². The Morgan fingerprint density at radius 2 is 2.06 bits per heavy atom. The molecule has 0 spiro atoms. The van der Waals surface area contributed by atoms with Crippen LogP contribution in [0.25, 0.3) is 0 Å². The molecule has 0 radical (unpaired) electrons. The van der Waals surface area contributed by atoms with Crippen LogP contribution < -0.4 is 10.5 Å². The molecule has 1 aromatic heterocycles. The minimum Gasteiger partial charge on any atom is -0.464 e. The van der Waals surface area contributed by atoms with Crippen LogP contribution in [0.1, 0.15) is 10.5 Å². The zero-order valence-electron chi connectivity index (χ0n) is 9.66. The lowest BCUT2D eigenvalue weighted by Gasteiger charge is -2.07. The molecule has 18 heavy (non-hydrogen) atoms. The average Bonchev–Trinajstić information content (AvgIpc) is 2.41. The van der Waals surface area contributed by atoms with Crippen LogP contribution in [0, 0.1) is 0 Å². The highest BCUT2D eigenvalue weighted by Crippen LogP contribution is 2.25. The van der Waals surface area contributed by atoms with E-state index in [9.17, 15) is 4.79 Å². The van der Waals surface area contributed by atoms with Crippen LogP contribution in [0.3, 0.4) is 0 Å². The molecule has 0 saturated heterocycles. The molecule has 2 rings (SSSR count). The molecule has 6 nitrogen and oxygen atoms in total. The van der Waals surface area contributed by atoms with E-state index in [0.29, 0.717) is 11.4 Å². The Labute approximate surface area is 103 Å². The van der Waals surface area contributed by atoms with Gasteiger partial charge in [-0.15, -0.1) is 0 Å². The van der Waals surface area contributed by atoms with E-state index in [2.05, 4.69) is 14.7 Å². The SMILES string of the molecule is COC(=O)c1cncc(Oc2ccccc2N)n1. The maximum Gasteiger partial charge on any atom is 0.358 e. The quantitative estimate of drug-likeness (QED) is 0.653. The van der Waals surface area contributed by atoms with Crippen LogP contribution in [0.4, 0.5) is 5.69 Å². The van der Waals surface area contributed by atoms with Crippen molar-refractivity contribution in [1.29, 1.82) is 0 Å². The Kier molecular flexibility index (Phi) is 3.38. The Balaban J connectivity index is 2.25. The van der Waals surface area contributed by atoms with Crippen molar-refractivity contribution in [1.82, 2.24) is 9.97 Å². The maximum absolute atomic E-state index is 11.3. The van der Waals surface area contributed by atoms with Crippen molar-refractivity contribution in [2.75, 3.05) is 12.8 Å². The Morgan fingerprint density at radius 3 is 2.78 bits per heavy atom. The van der Waals surface area contributed by atoms with Crippen molar-refractivity contribution < 1.29 is 14.3 Å². The second-order valence-corrected chi connectivity index (χ2v) is 3.37. The topological polar surface area (TPSA) is 87.3 Å². The highest BCUT2D eigenvalue weighted by Gasteiger charge is 2.10. The van der Waals surface area contributed by atoms with Crippen molar-refractivity contribution in [3.8, 4) is 11.6 Å². The molecule has 2 aromatic rings. The van der Waals surface area contributed by atoms with Crippen LogP contribution in [-0.4, -0.2) is 23.0 Å².